The highest BCUT2D eigenvalue weighted by Gasteiger charge is 2.24. The van der Waals surface area contributed by atoms with Crippen LogP contribution in [0.15, 0.2) is 21.5 Å². The number of halogens is 3. The van der Waals surface area contributed by atoms with E-state index in [4.69, 9.17) is 15.4 Å². The van der Waals surface area contributed by atoms with Crippen LogP contribution in [0.25, 0.3) is 0 Å². The minimum atomic E-state index is -4.27. The molecule has 0 saturated heterocycles. The van der Waals surface area contributed by atoms with Crippen molar-refractivity contribution >= 4 is 41.6 Å². The maximum Gasteiger partial charge on any atom is 0.264 e. The number of likely N-dealkylation sites (N-methyl/N-ethyl adjacent to an activating group) is 1. The van der Waals surface area contributed by atoms with E-state index in [0.29, 0.717) is 19.7 Å². The zero-order valence-corrected chi connectivity index (χ0v) is 14.6. The lowest BCUT2D eigenvalue weighted by atomic mass is 10.2. The molecule has 1 rings (SSSR count). The summed E-state index contributed by atoms with van der Waals surface area (Å²) in [6.45, 7) is 2.83. The Morgan fingerprint density at radius 2 is 2.10 bits per heavy atom. The summed E-state index contributed by atoms with van der Waals surface area (Å²) in [4.78, 5) is 13.1. The van der Waals surface area contributed by atoms with E-state index in [9.17, 15) is 17.6 Å². The number of benzene rings is 1. The maximum absolute atomic E-state index is 13.6. The number of carbonyl (C=O) groups excluding carboxylic acids is 1. The number of rotatable bonds is 6. The van der Waals surface area contributed by atoms with E-state index in [1.165, 1.54) is 12.0 Å². The second kappa shape index (κ2) is 7.53. The van der Waals surface area contributed by atoms with E-state index >= 15 is 0 Å². The SMILES string of the molecule is CCN(CCOC)C(=O)c1cc(S(=O)(=O)Cl)c(F)cc1Br. The molecule has 0 saturated carbocycles. The predicted molar refractivity (Wildman–Crippen MR) is 80.6 cm³/mol. The molecule has 0 aliphatic rings. The average Bonchev–Trinajstić information content (AvgIpc) is 2.37. The Kier molecular flexibility index (Phi) is 6.58. The van der Waals surface area contributed by atoms with Crippen LogP contribution in [0.4, 0.5) is 4.39 Å². The monoisotopic (exact) mass is 401 g/mol. The van der Waals surface area contributed by atoms with Crippen LogP contribution in [0.5, 0.6) is 0 Å². The largest absolute Gasteiger partial charge is 0.383 e. The Morgan fingerprint density at radius 1 is 1.48 bits per heavy atom. The molecule has 1 aromatic carbocycles. The second-order valence-corrected chi connectivity index (χ2v) is 7.47. The van der Waals surface area contributed by atoms with Gasteiger partial charge >= 0.3 is 0 Å². The first-order valence-corrected chi connectivity index (χ1v) is 9.04. The molecule has 0 aromatic heterocycles. The molecule has 0 bridgehead atoms. The van der Waals surface area contributed by atoms with Gasteiger partial charge in [-0.2, -0.15) is 0 Å². The fourth-order valence-electron chi connectivity index (χ4n) is 1.65. The van der Waals surface area contributed by atoms with Crippen molar-refractivity contribution in [1.29, 1.82) is 0 Å². The number of amides is 1. The third-order valence-corrected chi connectivity index (χ3v) is 4.74. The van der Waals surface area contributed by atoms with Crippen LogP contribution < -0.4 is 0 Å². The first-order valence-electron chi connectivity index (χ1n) is 5.94. The van der Waals surface area contributed by atoms with E-state index in [0.717, 1.165) is 12.1 Å². The molecule has 0 aliphatic heterocycles. The van der Waals surface area contributed by atoms with Crippen LogP contribution in [-0.4, -0.2) is 46.0 Å². The van der Waals surface area contributed by atoms with Crippen LogP contribution in [0.3, 0.4) is 0 Å². The molecule has 0 aliphatic carbocycles. The minimum Gasteiger partial charge on any atom is -0.383 e. The Labute approximate surface area is 135 Å². The quantitative estimate of drug-likeness (QED) is 0.686. The summed E-state index contributed by atoms with van der Waals surface area (Å²) < 4.78 is 41.3. The van der Waals surface area contributed by atoms with Crippen molar-refractivity contribution in [2.45, 2.75) is 11.8 Å². The van der Waals surface area contributed by atoms with Gasteiger partial charge in [-0.15, -0.1) is 0 Å². The topological polar surface area (TPSA) is 63.7 Å². The molecule has 0 atom stereocenters. The lowest BCUT2D eigenvalue weighted by molar-refractivity contribution is 0.0705. The predicted octanol–water partition coefficient (Wildman–Crippen LogP) is 2.62. The summed E-state index contributed by atoms with van der Waals surface area (Å²) >= 11 is 3.06. The molecule has 9 heteroatoms. The number of hydrogen-bond donors (Lipinski definition) is 0. The first-order chi connectivity index (χ1) is 9.72. The zero-order chi connectivity index (χ0) is 16.2. The molecule has 21 heavy (non-hydrogen) atoms. The zero-order valence-electron chi connectivity index (χ0n) is 11.4. The van der Waals surface area contributed by atoms with Crippen LogP contribution >= 0.6 is 26.6 Å². The third-order valence-electron chi connectivity index (χ3n) is 2.75. The van der Waals surface area contributed by atoms with Gasteiger partial charge in [-0.3, -0.25) is 4.79 Å². The number of ether oxygens (including phenoxy) is 1. The molecule has 0 unspecified atom stereocenters. The summed E-state index contributed by atoms with van der Waals surface area (Å²) in [5, 5.41) is 0. The van der Waals surface area contributed by atoms with E-state index in [2.05, 4.69) is 15.9 Å². The smallest absolute Gasteiger partial charge is 0.264 e. The van der Waals surface area contributed by atoms with E-state index in [1.54, 1.807) is 6.92 Å². The third kappa shape index (κ3) is 4.64. The van der Waals surface area contributed by atoms with Gasteiger partial charge in [-0.25, -0.2) is 12.8 Å². The molecule has 1 amide bonds. The van der Waals surface area contributed by atoms with E-state index < -0.39 is 25.7 Å². The molecule has 0 radical (unpaired) electrons. The normalized spacial score (nSPS) is 11.5. The lowest BCUT2D eigenvalue weighted by Gasteiger charge is -2.21. The highest BCUT2D eigenvalue weighted by atomic mass is 79.9. The molecule has 1 aromatic rings. The highest BCUT2D eigenvalue weighted by molar-refractivity contribution is 9.10. The van der Waals surface area contributed by atoms with Crippen LogP contribution in [0, 0.1) is 5.82 Å². The number of methoxy groups -OCH3 is 1. The van der Waals surface area contributed by atoms with Gasteiger partial charge in [0.05, 0.1) is 12.2 Å². The fourth-order valence-corrected chi connectivity index (χ4v) is 3.05. The van der Waals surface area contributed by atoms with Gasteiger partial charge in [0.2, 0.25) is 0 Å². The average molecular weight is 403 g/mol. The van der Waals surface area contributed by atoms with Crippen LogP contribution in [0.1, 0.15) is 17.3 Å². The molecular formula is C12H14BrClFNO4S. The highest BCUT2D eigenvalue weighted by Crippen LogP contribution is 2.27. The Bertz CT molecular complexity index is 638. The van der Waals surface area contributed by atoms with Crippen molar-refractivity contribution < 1.29 is 22.3 Å². The summed E-state index contributed by atoms with van der Waals surface area (Å²) in [6.07, 6.45) is 0. The van der Waals surface area contributed by atoms with Crippen molar-refractivity contribution in [1.82, 2.24) is 4.90 Å². The molecule has 0 spiro atoms. The molecule has 5 nitrogen and oxygen atoms in total. The van der Waals surface area contributed by atoms with Gasteiger partial charge in [-0.05, 0) is 35.0 Å². The van der Waals surface area contributed by atoms with Crippen LogP contribution in [0.2, 0.25) is 0 Å². The van der Waals surface area contributed by atoms with Gasteiger partial charge < -0.3 is 9.64 Å². The summed E-state index contributed by atoms with van der Waals surface area (Å²) in [6, 6.07) is 1.84. The minimum absolute atomic E-state index is 0.0218. The van der Waals surface area contributed by atoms with Gasteiger partial charge in [0.15, 0.2) is 0 Å². The lowest BCUT2D eigenvalue weighted by Crippen LogP contribution is -2.34. The van der Waals surface area contributed by atoms with E-state index in [1.807, 2.05) is 0 Å². The van der Waals surface area contributed by atoms with Crippen molar-refractivity contribution in [3.8, 4) is 0 Å². The van der Waals surface area contributed by atoms with Gasteiger partial charge in [0.25, 0.3) is 15.0 Å². The van der Waals surface area contributed by atoms with E-state index in [-0.39, 0.29) is 10.0 Å². The van der Waals surface area contributed by atoms with Gasteiger partial charge in [0.1, 0.15) is 10.7 Å². The van der Waals surface area contributed by atoms with Crippen molar-refractivity contribution in [3.05, 3.63) is 28.0 Å². The molecular weight excluding hydrogens is 389 g/mol. The summed E-state index contributed by atoms with van der Waals surface area (Å²) in [7, 11) is 2.39. The fraction of sp³-hybridized carbons (Fsp3) is 0.417. The number of nitrogens with zero attached hydrogens (tertiary/aromatic N) is 1. The Morgan fingerprint density at radius 3 is 2.57 bits per heavy atom. The first kappa shape index (κ1) is 18.3. The molecule has 0 N–H and O–H groups in total. The van der Waals surface area contributed by atoms with Gasteiger partial charge in [0, 0.05) is 35.4 Å². The van der Waals surface area contributed by atoms with Gasteiger partial charge in [-0.1, -0.05) is 0 Å². The summed E-state index contributed by atoms with van der Waals surface area (Å²) in [5.74, 6) is -1.46. The van der Waals surface area contributed by atoms with Crippen LogP contribution in [-0.2, 0) is 13.8 Å². The molecule has 0 heterocycles. The number of hydrogen-bond acceptors (Lipinski definition) is 4. The number of carbonyl (C=O) groups is 1. The molecule has 0 fully saturated rings. The van der Waals surface area contributed by atoms with Crippen molar-refractivity contribution in [2.75, 3.05) is 26.8 Å². The summed E-state index contributed by atoms with van der Waals surface area (Å²) in [5.41, 5.74) is 0.0218. The molecule has 118 valence electrons. The van der Waals surface area contributed by atoms with Crippen molar-refractivity contribution in [3.63, 3.8) is 0 Å². The Balaban J connectivity index is 3.26. The second-order valence-electron chi connectivity index (χ2n) is 4.08. The standard InChI is InChI=1S/C12H14BrClFNO4S/c1-3-16(4-5-20-2)12(17)8-6-11(21(14,18)19)10(15)7-9(8)13/h6-7H,3-5H2,1-2H3. The Hall–Kier alpha value is -0.700. The maximum atomic E-state index is 13.6. The van der Waals surface area contributed by atoms with Crippen molar-refractivity contribution in [2.24, 2.45) is 0 Å².